The Morgan fingerprint density at radius 3 is 2.60 bits per heavy atom. The zero-order valence-electron chi connectivity index (χ0n) is 12.6. The Bertz CT molecular complexity index is 955. The minimum Gasteiger partial charge on any atom is -0.362 e. The van der Waals surface area contributed by atoms with Gasteiger partial charge in [0.25, 0.3) is 0 Å². The van der Waals surface area contributed by atoms with Gasteiger partial charge in [-0.1, -0.05) is 34.4 Å². The number of hydrogen-bond donors (Lipinski definition) is 1. The molecule has 3 rings (SSSR count). The fourth-order valence-corrected chi connectivity index (χ4v) is 2.56. The molecule has 4 nitrogen and oxygen atoms in total. The maximum Gasteiger partial charge on any atom is 0.179 e. The molecule has 1 N–H and O–H groups in total. The number of nitrogens with zero attached hydrogens (tertiary/aromatic N) is 2. The van der Waals surface area contributed by atoms with Crippen LogP contribution in [0.15, 0.2) is 53.2 Å². The van der Waals surface area contributed by atoms with Crippen molar-refractivity contribution in [2.45, 2.75) is 0 Å². The summed E-state index contributed by atoms with van der Waals surface area (Å²) in [5, 5.41) is 17.0. The van der Waals surface area contributed by atoms with Crippen LogP contribution in [0.5, 0.6) is 0 Å². The Kier molecular flexibility index (Phi) is 5.03. The van der Waals surface area contributed by atoms with E-state index < -0.39 is 5.82 Å². The smallest absolute Gasteiger partial charge is 0.179 e. The molecule has 0 amide bonds. The summed E-state index contributed by atoms with van der Waals surface area (Å²) in [6.45, 7) is 0. The van der Waals surface area contributed by atoms with Gasteiger partial charge in [0.1, 0.15) is 23.1 Å². The third-order valence-electron chi connectivity index (χ3n) is 3.36. The van der Waals surface area contributed by atoms with E-state index >= 15 is 0 Å². The van der Waals surface area contributed by atoms with Crippen LogP contribution in [0.4, 0.5) is 10.1 Å². The van der Waals surface area contributed by atoms with E-state index in [1.807, 2.05) is 6.07 Å². The highest BCUT2D eigenvalue weighted by Crippen LogP contribution is 2.33. The molecule has 1 aromatic heterocycles. The number of rotatable bonds is 4. The van der Waals surface area contributed by atoms with Crippen molar-refractivity contribution < 1.29 is 8.91 Å². The highest BCUT2D eigenvalue weighted by Gasteiger charge is 2.21. The standard InChI is InChI=1S/C18H10Cl2FN3O/c19-11-4-6-12(7-5-11)23-9-8-16-13(10-22)18(24-25-16)17-14(20)2-1-3-15(17)21/h1-9,23H/b9-8+. The van der Waals surface area contributed by atoms with Gasteiger partial charge >= 0.3 is 0 Å². The topological polar surface area (TPSA) is 61.9 Å². The molecular weight excluding hydrogens is 364 g/mol. The summed E-state index contributed by atoms with van der Waals surface area (Å²) < 4.78 is 19.2. The molecule has 0 radical (unpaired) electrons. The molecule has 0 atom stereocenters. The van der Waals surface area contributed by atoms with Gasteiger partial charge in [-0.15, -0.1) is 0 Å². The Balaban J connectivity index is 1.89. The average Bonchev–Trinajstić information content (AvgIpc) is 2.99. The molecule has 1 heterocycles. The van der Waals surface area contributed by atoms with E-state index in [0.29, 0.717) is 5.02 Å². The van der Waals surface area contributed by atoms with Crippen LogP contribution in [0.1, 0.15) is 11.3 Å². The van der Waals surface area contributed by atoms with Crippen molar-refractivity contribution in [2.24, 2.45) is 0 Å². The van der Waals surface area contributed by atoms with Crippen LogP contribution < -0.4 is 5.32 Å². The van der Waals surface area contributed by atoms with Crippen LogP contribution >= 0.6 is 23.2 Å². The van der Waals surface area contributed by atoms with Crippen LogP contribution in [-0.4, -0.2) is 5.16 Å². The summed E-state index contributed by atoms with van der Waals surface area (Å²) >= 11 is 11.8. The number of benzene rings is 2. The molecule has 7 heteroatoms. The maximum absolute atomic E-state index is 14.1. The van der Waals surface area contributed by atoms with Crippen LogP contribution in [0, 0.1) is 17.1 Å². The summed E-state index contributed by atoms with van der Waals surface area (Å²) in [4.78, 5) is 0. The lowest BCUT2D eigenvalue weighted by atomic mass is 10.1. The van der Waals surface area contributed by atoms with Crippen molar-refractivity contribution in [3.8, 4) is 17.3 Å². The van der Waals surface area contributed by atoms with Gasteiger partial charge in [-0.2, -0.15) is 5.26 Å². The molecule has 0 spiro atoms. The number of anilines is 1. The van der Waals surface area contributed by atoms with Crippen molar-refractivity contribution in [1.29, 1.82) is 5.26 Å². The second-order valence-corrected chi connectivity index (χ2v) is 5.81. The van der Waals surface area contributed by atoms with Crippen molar-refractivity contribution in [1.82, 2.24) is 5.16 Å². The largest absolute Gasteiger partial charge is 0.362 e. The van der Waals surface area contributed by atoms with E-state index in [-0.39, 0.29) is 27.6 Å². The van der Waals surface area contributed by atoms with E-state index in [1.165, 1.54) is 24.3 Å². The van der Waals surface area contributed by atoms with Gasteiger partial charge in [-0.25, -0.2) is 4.39 Å². The van der Waals surface area contributed by atoms with Crippen molar-refractivity contribution in [3.63, 3.8) is 0 Å². The molecule has 0 aliphatic heterocycles. The van der Waals surface area contributed by atoms with Crippen LogP contribution in [0.3, 0.4) is 0 Å². The predicted molar refractivity (Wildman–Crippen MR) is 95.7 cm³/mol. The lowest BCUT2D eigenvalue weighted by molar-refractivity contribution is 0.414. The van der Waals surface area contributed by atoms with Gasteiger partial charge in [0, 0.05) is 23.0 Å². The maximum atomic E-state index is 14.1. The lowest BCUT2D eigenvalue weighted by Crippen LogP contribution is -1.89. The van der Waals surface area contributed by atoms with Gasteiger partial charge < -0.3 is 9.84 Å². The zero-order valence-corrected chi connectivity index (χ0v) is 14.1. The number of nitrogens with one attached hydrogen (secondary N) is 1. The summed E-state index contributed by atoms with van der Waals surface area (Å²) in [5.41, 5.74) is 1.00. The van der Waals surface area contributed by atoms with E-state index in [1.54, 1.807) is 30.5 Å². The first-order valence-electron chi connectivity index (χ1n) is 7.13. The fraction of sp³-hybridized carbons (Fsp3) is 0. The summed E-state index contributed by atoms with van der Waals surface area (Å²) in [6.07, 6.45) is 3.11. The molecule has 0 aliphatic rings. The highest BCUT2D eigenvalue weighted by molar-refractivity contribution is 6.33. The third kappa shape index (κ3) is 3.66. The van der Waals surface area contributed by atoms with Crippen LogP contribution in [0.25, 0.3) is 17.3 Å². The van der Waals surface area contributed by atoms with Gasteiger partial charge in [0.15, 0.2) is 5.76 Å². The molecular formula is C18H10Cl2FN3O. The molecule has 0 unspecified atom stereocenters. The summed E-state index contributed by atoms with van der Waals surface area (Å²) in [5.74, 6) is -0.384. The minimum absolute atomic E-state index is 0.0368. The van der Waals surface area contributed by atoms with Gasteiger partial charge in [-0.05, 0) is 36.4 Å². The van der Waals surface area contributed by atoms with E-state index in [0.717, 1.165) is 5.69 Å². The zero-order chi connectivity index (χ0) is 17.8. The Morgan fingerprint density at radius 2 is 1.92 bits per heavy atom. The fourth-order valence-electron chi connectivity index (χ4n) is 2.18. The molecule has 0 fully saturated rings. The molecule has 0 saturated heterocycles. The minimum atomic E-state index is -0.577. The molecule has 2 aromatic carbocycles. The normalized spacial score (nSPS) is 10.8. The molecule has 3 aromatic rings. The van der Waals surface area contributed by atoms with E-state index in [4.69, 9.17) is 27.7 Å². The molecule has 0 aliphatic carbocycles. The molecule has 0 saturated carbocycles. The van der Waals surface area contributed by atoms with Crippen LogP contribution in [0.2, 0.25) is 10.0 Å². The van der Waals surface area contributed by atoms with Crippen molar-refractivity contribution in [2.75, 3.05) is 5.32 Å². The Labute approximate surface area is 153 Å². The Morgan fingerprint density at radius 1 is 1.16 bits per heavy atom. The van der Waals surface area contributed by atoms with Gasteiger partial charge in [-0.3, -0.25) is 0 Å². The van der Waals surface area contributed by atoms with Crippen molar-refractivity contribution >= 4 is 35.0 Å². The predicted octanol–water partition coefficient (Wildman–Crippen LogP) is 5.74. The summed E-state index contributed by atoms with van der Waals surface area (Å²) in [6, 6.07) is 13.3. The van der Waals surface area contributed by atoms with Crippen LogP contribution in [-0.2, 0) is 0 Å². The number of halogens is 3. The van der Waals surface area contributed by atoms with Gasteiger partial charge in [0.05, 0.1) is 10.6 Å². The van der Waals surface area contributed by atoms with Crippen molar-refractivity contribution in [3.05, 3.63) is 75.9 Å². The molecule has 25 heavy (non-hydrogen) atoms. The highest BCUT2D eigenvalue weighted by atomic mass is 35.5. The molecule has 0 bridgehead atoms. The van der Waals surface area contributed by atoms with Gasteiger partial charge in [0.2, 0.25) is 0 Å². The van der Waals surface area contributed by atoms with E-state index in [9.17, 15) is 9.65 Å². The first kappa shape index (κ1) is 17.0. The average molecular weight is 374 g/mol. The molecule has 124 valence electrons. The first-order chi connectivity index (χ1) is 12.1. The summed E-state index contributed by atoms with van der Waals surface area (Å²) in [7, 11) is 0. The quantitative estimate of drug-likeness (QED) is 0.632. The number of hydrogen-bond acceptors (Lipinski definition) is 4. The third-order valence-corrected chi connectivity index (χ3v) is 3.93. The van der Waals surface area contributed by atoms with E-state index in [2.05, 4.69) is 10.5 Å². The Hall–Kier alpha value is -2.81. The number of nitriles is 1. The lowest BCUT2D eigenvalue weighted by Gasteiger charge is -2.01. The second-order valence-electron chi connectivity index (χ2n) is 4.96. The monoisotopic (exact) mass is 373 g/mol. The SMILES string of the molecule is N#Cc1c(-c2c(F)cccc2Cl)noc1/C=C/Nc1ccc(Cl)cc1. The second kappa shape index (κ2) is 7.39. The first-order valence-corrected chi connectivity index (χ1v) is 7.88. The number of aromatic nitrogens is 1.